The van der Waals surface area contributed by atoms with Crippen LogP contribution >= 0.6 is 0 Å². The lowest BCUT2D eigenvalue weighted by Gasteiger charge is -2.29. The third-order valence-corrected chi connectivity index (χ3v) is 5.79. The molecule has 0 saturated carbocycles. The molecule has 150 valence electrons. The van der Waals surface area contributed by atoms with Gasteiger partial charge in [0.2, 0.25) is 15.9 Å². The molecular formula is C17H21N5O5S. The molecule has 2 heterocycles. The first-order chi connectivity index (χ1) is 13.2. The Bertz CT molecular complexity index is 1000. The summed E-state index contributed by atoms with van der Waals surface area (Å²) in [5, 5.41) is 6.03. The molecule has 1 aromatic carbocycles. The van der Waals surface area contributed by atoms with Crippen LogP contribution in [0.3, 0.4) is 0 Å². The Balaban J connectivity index is 1.67. The van der Waals surface area contributed by atoms with Crippen LogP contribution in [0, 0.1) is 6.92 Å². The molecule has 0 bridgehead atoms. The number of hydrogen-bond acceptors (Lipinski definition) is 6. The number of rotatable bonds is 6. The summed E-state index contributed by atoms with van der Waals surface area (Å²) in [6, 6.07) is 5.73. The van der Waals surface area contributed by atoms with Gasteiger partial charge < -0.3 is 20.5 Å². The predicted octanol–water partition coefficient (Wildman–Crippen LogP) is 0.0145. The van der Waals surface area contributed by atoms with Gasteiger partial charge in [-0.25, -0.2) is 17.9 Å². The van der Waals surface area contributed by atoms with Crippen molar-refractivity contribution < 1.29 is 22.5 Å². The van der Waals surface area contributed by atoms with Gasteiger partial charge in [-0.1, -0.05) is 11.2 Å². The maximum absolute atomic E-state index is 12.5. The Hall–Kier alpha value is -2.92. The Morgan fingerprint density at radius 1 is 1.29 bits per heavy atom. The molecule has 0 radical (unpaired) electrons. The van der Waals surface area contributed by atoms with Crippen LogP contribution in [0.15, 0.2) is 33.7 Å². The van der Waals surface area contributed by atoms with Crippen LogP contribution in [0.5, 0.6) is 0 Å². The van der Waals surface area contributed by atoms with E-state index in [-0.39, 0.29) is 23.9 Å². The number of urea groups is 1. The van der Waals surface area contributed by atoms with Gasteiger partial charge in [0, 0.05) is 19.2 Å². The molecule has 0 atom stereocenters. The van der Waals surface area contributed by atoms with Crippen molar-refractivity contribution in [3.63, 3.8) is 0 Å². The molecule has 1 aliphatic rings. The summed E-state index contributed by atoms with van der Waals surface area (Å²) in [7, 11) is -3.70. The van der Waals surface area contributed by atoms with E-state index in [0.29, 0.717) is 31.0 Å². The van der Waals surface area contributed by atoms with Crippen molar-refractivity contribution in [1.82, 2.24) is 20.1 Å². The van der Waals surface area contributed by atoms with Crippen LogP contribution in [0.4, 0.5) is 4.79 Å². The third-order valence-electron chi connectivity index (χ3n) is 4.39. The zero-order chi connectivity index (χ0) is 20.3. The Labute approximate surface area is 162 Å². The van der Waals surface area contributed by atoms with E-state index in [1.54, 1.807) is 30.0 Å². The molecule has 3 amide bonds. The standard InChI is InChI=1S/C17H21N5O5S/c1-11-6-14(21-27-11)8-20-28(25,26)15-3-2-13-10-22(5-4-12(13)7-15)16(23)9-19-17(18)24/h2-3,6-7,20H,4-5,8-10H2,1H3,(H3,18,19,24). The van der Waals surface area contributed by atoms with Crippen molar-refractivity contribution >= 4 is 22.0 Å². The number of nitrogens with two attached hydrogens (primary N) is 1. The van der Waals surface area contributed by atoms with E-state index in [0.717, 1.165) is 11.1 Å². The number of carbonyl (C=O) groups excluding carboxylic acids is 2. The number of fused-ring (bicyclic) bond motifs is 1. The van der Waals surface area contributed by atoms with E-state index >= 15 is 0 Å². The number of aryl methyl sites for hydroxylation is 1. The highest BCUT2D eigenvalue weighted by Crippen LogP contribution is 2.22. The van der Waals surface area contributed by atoms with Gasteiger partial charge in [-0.2, -0.15) is 0 Å². The maximum atomic E-state index is 12.5. The first-order valence-corrected chi connectivity index (χ1v) is 10.1. The van der Waals surface area contributed by atoms with Gasteiger partial charge in [0.05, 0.1) is 23.7 Å². The van der Waals surface area contributed by atoms with Crippen molar-refractivity contribution in [3.8, 4) is 0 Å². The van der Waals surface area contributed by atoms with Gasteiger partial charge in [-0.05, 0) is 36.6 Å². The monoisotopic (exact) mass is 407 g/mol. The number of nitrogens with zero attached hydrogens (tertiary/aromatic N) is 2. The molecule has 28 heavy (non-hydrogen) atoms. The van der Waals surface area contributed by atoms with Crippen LogP contribution in [0.2, 0.25) is 0 Å². The van der Waals surface area contributed by atoms with Crippen molar-refractivity contribution in [3.05, 3.63) is 46.8 Å². The molecule has 11 heteroatoms. The number of carbonyl (C=O) groups is 2. The number of benzene rings is 1. The van der Waals surface area contributed by atoms with E-state index in [1.165, 1.54) is 6.07 Å². The summed E-state index contributed by atoms with van der Waals surface area (Å²) >= 11 is 0. The van der Waals surface area contributed by atoms with Gasteiger partial charge >= 0.3 is 6.03 Å². The molecule has 3 rings (SSSR count). The van der Waals surface area contributed by atoms with Crippen LogP contribution in [-0.2, 0) is 34.3 Å². The molecule has 0 spiro atoms. The molecule has 0 unspecified atom stereocenters. The van der Waals surface area contributed by atoms with Crippen molar-refractivity contribution in [1.29, 1.82) is 0 Å². The van der Waals surface area contributed by atoms with E-state index < -0.39 is 16.1 Å². The van der Waals surface area contributed by atoms with E-state index in [2.05, 4.69) is 15.2 Å². The van der Waals surface area contributed by atoms with Crippen LogP contribution in [0.25, 0.3) is 0 Å². The average molecular weight is 407 g/mol. The lowest BCUT2D eigenvalue weighted by Crippen LogP contribution is -2.43. The van der Waals surface area contributed by atoms with Gasteiger partial charge in [0.15, 0.2) is 0 Å². The molecule has 1 aliphatic heterocycles. The Kier molecular flexibility index (Phi) is 5.66. The second kappa shape index (κ2) is 7.98. The Morgan fingerprint density at radius 3 is 2.75 bits per heavy atom. The zero-order valence-corrected chi connectivity index (χ0v) is 16.1. The molecular weight excluding hydrogens is 386 g/mol. The fraction of sp³-hybridized carbons (Fsp3) is 0.353. The normalized spacial score (nSPS) is 13.8. The minimum atomic E-state index is -3.70. The van der Waals surface area contributed by atoms with E-state index in [4.69, 9.17) is 10.3 Å². The van der Waals surface area contributed by atoms with Crippen molar-refractivity contribution in [2.75, 3.05) is 13.1 Å². The quantitative estimate of drug-likeness (QED) is 0.615. The summed E-state index contributed by atoms with van der Waals surface area (Å²) < 4.78 is 32.5. The topological polar surface area (TPSA) is 148 Å². The second-order valence-electron chi connectivity index (χ2n) is 6.47. The summed E-state index contributed by atoms with van der Waals surface area (Å²) in [5.74, 6) is 0.360. The SMILES string of the molecule is Cc1cc(CNS(=O)(=O)c2ccc3c(c2)CCN(C(=O)CNC(N)=O)C3)no1. The minimum absolute atomic E-state index is 0.0336. The molecule has 2 aromatic rings. The smallest absolute Gasteiger partial charge is 0.312 e. The highest BCUT2D eigenvalue weighted by atomic mass is 32.2. The summed E-state index contributed by atoms with van der Waals surface area (Å²) in [6.45, 7) is 2.38. The van der Waals surface area contributed by atoms with Crippen molar-refractivity contribution in [2.24, 2.45) is 5.73 Å². The summed E-state index contributed by atoms with van der Waals surface area (Å²) in [6.07, 6.45) is 0.517. The molecule has 10 nitrogen and oxygen atoms in total. The zero-order valence-electron chi connectivity index (χ0n) is 15.3. The first kappa shape index (κ1) is 19.8. The number of nitrogens with one attached hydrogen (secondary N) is 2. The number of hydrogen-bond donors (Lipinski definition) is 3. The Morgan fingerprint density at radius 2 is 2.07 bits per heavy atom. The molecule has 0 saturated heterocycles. The minimum Gasteiger partial charge on any atom is -0.361 e. The number of sulfonamides is 1. The largest absolute Gasteiger partial charge is 0.361 e. The van der Waals surface area contributed by atoms with Crippen molar-refractivity contribution in [2.45, 2.75) is 31.3 Å². The summed E-state index contributed by atoms with van der Waals surface area (Å²) in [4.78, 5) is 24.6. The molecule has 0 fully saturated rings. The fourth-order valence-electron chi connectivity index (χ4n) is 2.94. The highest BCUT2D eigenvalue weighted by Gasteiger charge is 2.23. The first-order valence-electron chi connectivity index (χ1n) is 8.59. The van der Waals surface area contributed by atoms with Gasteiger partial charge in [0.25, 0.3) is 0 Å². The lowest BCUT2D eigenvalue weighted by atomic mass is 10.00. The lowest BCUT2D eigenvalue weighted by molar-refractivity contribution is -0.130. The molecule has 4 N–H and O–H groups in total. The molecule has 1 aromatic heterocycles. The maximum Gasteiger partial charge on any atom is 0.312 e. The number of primary amides is 1. The van der Waals surface area contributed by atoms with Crippen LogP contribution < -0.4 is 15.8 Å². The van der Waals surface area contributed by atoms with Gasteiger partial charge in [-0.3, -0.25) is 4.79 Å². The average Bonchev–Trinajstić information content (AvgIpc) is 3.09. The second-order valence-corrected chi connectivity index (χ2v) is 8.23. The number of aromatic nitrogens is 1. The van der Waals surface area contributed by atoms with E-state index in [1.807, 2.05) is 0 Å². The highest BCUT2D eigenvalue weighted by molar-refractivity contribution is 7.89. The summed E-state index contributed by atoms with van der Waals surface area (Å²) in [5.41, 5.74) is 7.21. The third kappa shape index (κ3) is 4.67. The predicted molar refractivity (Wildman–Crippen MR) is 98.4 cm³/mol. The fourth-order valence-corrected chi connectivity index (χ4v) is 3.99. The van der Waals surface area contributed by atoms with Crippen LogP contribution in [0.1, 0.15) is 22.6 Å². The number of amides is 3. The van der Waals surface area contributed by atoms with E-state index in [9.17, 15) is 18.0 Å². The molecule has 0 aliphatic carbocycles. The van der Waals surface area contributed by atoms with Crippen LogP contribution in [-0.4, -0.2) is 43.5 Å². The van der Waals surface area contributed by atoms with Gasteiger partial charge in [0.1, 0.15) is 5.76 Å². The van der Waals surface area contributed by atoms with Gasteiger partial charge in [-0.15, -0.1) is 0 Å².